The second-order valence-corrected chi connectivity index (χ2v) is 7.98. The molecule has 1 atom stereocenters. The summed E-state index contributed by atoms with van der Waals surface area (Å²) < 4.78 is 33.9. The highest BCUT2D eigenvalue weighted by Crippen LogP contribution is 2.20. The summed E-state index contributed by atoms with van der Waals surface area (Å²) in [6, 6.07) is 13.2. The van der Waals surface area contributed by atoms with Gasteiger partial charge >= 0.3 is 5.97 Å². The van der Waals surface area contributed by atoms with Gasteiger partial charge in [-0.1, -0.05) is 24.3 Å². The van der Waals surface area contributed by atoms with Crippen LogP contribution in [0.2, 0.25) is 0 Å². The van der Waals surface area contributed by atoms with Crippen LogP contribution < -0.4 is 10.1 Å². The van der Waals surface area contributed by atoms with Crippen molar-refractivity contribution in [3.05, 3.63) is 54.1 Å². The maximum atomic E-state index is 12.0. The van der Waals surface area contributed by atoms with E-state index in [2.05, 4.69) is 5.32 Å². The number of nitrogens with one attached hydrogen (secondary N) is 1. The number of para-hydroxylation sites is 1. The van der Waals surface area contributed by atoms with Gasteiger partial charge in [0.15, 0.2) is 22.5 Å². The number of esters is 1. The van der Waals surface area contributed by atoms with Gasteiger partial charge in [0, 0.05) is 6.26 Å². The first-order valence-corrected chi connectivity index (χ1v) is 10.0. The zero-order chi connectivity index (χ0) is 20.0. The van der Waals surface area contributed by atoms with Gasteiger partial charge < -0.3 is 14.8 Å². The molecule has 27 heavy (non-hydrogen) atoms. The summed E-state index contributed by atoms with van der Waals surface area (Å²) in [6.45, 7) is 2.86. The summed E-state index contributed by atoms with van der Waals surface area (Å²) in [5, 5.41) is 2.43. The Morgan fingerprint density at radius 3 is 2.48 bits per heavy atom. The topological polar surface area (TPSA) is 98.8 Å². The average molecular weight is 391 g/mol. The number of rotatable bonds is 7. The van der Waals surface area contributed by atoms with Crippen molar-refractivity contribution in [2.75, 3.05) is 18.2 Å². The highest BCUT2D eigenvalue weighted by atomic mass is 32.2. The quantitative estimate of drug-likeness (QED) is 0.728. The maximum absolute atomic E-state index is 12.0. The third-order valence-electron chi connectivity index (χ3n) is 3.54. The summed E-state index contributed by atoms with van der Waals surface area (Å²) >= 11 is 0. The minimum Gasteiger partial charge on any atom is -0.479 e. The smallest absolute Gasteiger partial charge is 0.347 e. The minimum absolute atomic E-state index is 0.0131. The molecular formula is C19H21NO6S. The van der Waals surface area contributed by atoms with E-state index in [1.165, 1.54) is 19.1 Å². The van der Waals surface area contributed by atoms with Gasteiger partial charge in [0.1, 0.15) is 5.75 Å². The van der Waals surface area contributed by atoms with E-state index in [1.807, 2.05) is 13.0 Å². The number of carbonyl (C=O) groups is 2. The van der Waals surface area contributed by atoms with Gasteiger partial charge in [-0.05, 0) is 43.7 Å². The Labute approximate surface area is 158 Å². The number of benzene rings is 2. The van der Waals surface area contributed by atoms with E-state index < -0.39 is 34.4 Å². The van der Waals surface area contributed by atoms with Crippen molar-refractivity contribution in [3.63, 3.8) is 0 Å². The lowest BCUT2D eigenvalue weighted by molar-refractivity contribution is -0.153. The number of hydrogen-bond donors (Lipinski definition) is 1. The molecule has 0 aliphatic heterocycles. The molecule has 1 N–H and O–H groups in total. The molecule has 0 radical (unpaired) electrons. The fraction of sp³-hybridized carbons (Fsp3) is 0.263. The molecule has 1 amide bonds. The van der Waals surface area contributed by atoms with E-state index in [0.717, 1.165) is 11.8 Å². The van der Waals surface area contributed by atoms with E-state index >= 15 is 0 Å². The number of ether oxygens (including phenoxy) is 2. The standard InChI is InChI=1S/C19H21NO6S/c1-13-7-6-8-15(11-13)26-14(2)19(22)25-12-18(21)20-16-9-4-5-10-17(16)27(3,23)24/h4-11,14H,12H2,1-3H3,(H,20,21)/t14-/m0/s1. The number of sulfone groups is 1. The van der Waals surface area contributed by atoms with Crippen LogP contribution in [0.4, 0.5) is 5.69 Å². The molecular weight excluding hydrogens is 370 g/mol. The third-order valence-corrected chi connectivity index (χ3v) is 4.70. The van der Waals surface area contributed by atoms with E-state index in [9.17, 15) is 18.0 Å². The van der Waals surface area contributed by atoms with E-state index in [-0.39, 0.29) is 10.6 Å². The second-order valence-electron chi connectivity index (χ2n) is 6.00. The highest BCUT2D eigenvalue weighted by Gasteiger charge is 2.19. The Bertz CT molecular complexity index is 939. The van der Waals surface area contributed by atoms with Crippen molar-refractivity contribution in [1.82, 2.24) is 0 Å². The molecule has 7 nitrogen and oxygen atoms in total. The van der Waals surface area contributed by atoms with E-state index in [1.54, 1.807) is 30.3 Å². The summed E-state index contributed by atoms with van der Waals surface area (Å²) in [6.07, 6.45) is 0.144. The Kier molecular flexibility index (Phi) is 6.57. The number of aryl methyl sites for hydroxylation is 1. The molecule has 2 aromatic rings. The highest BCUT2D eigenvalue weighted by molar-refractivity contribution is 7.90. The van der Waals surface area contributed by atoms with Crippen LogP contribution in [0.3, 0.4) is 0 Å². The van der Waals surface area contributed by atoms with Crippen LogP contribution in [0, 0.1) is 6.92 Å². The second kappa shape index (κ2) is 8.68. The Morgan fingerprint density at radius 1 is 1.11 bits per heavy atom. The Balaban J connectivity index is 1.91. The first-order chi connectivity index (χ1) is 12.7. The van der Waals surface area contributed by atoms with Crippen molar-refractivity contribution in [2.24, 2.45) is 0 Å². The summed E-state index contributed by atoms with van der Waals surface area (Å²) in [4.78, 5) is 24.0. The molecule has 2 rings (SSSR count). The van der Waals surface area contributed by atoms with Gasteiger partial charge in [-0.15, -0.1) is 0 Å². The van der Waals surface area contributed by atoms with Gasteiger partial charge in [-0.25, -0.2) is 13.2 Å². The molecule has 0 spiro atoms. The van der Waals surface area contributed by atoms with Crippen molar-refractivity contribution in [2.45, 2.75) is 24.8 Å². The molecule has 144 valence electrons. The molecule has 0 aliphatic rings. The molecule has 0 aromatic heterocycles. The minimum atomic E-state index is -3.50. The molecule has 0 unspecified atom stereocenters. The first kappa shape index (κ1) is 20.4. The molecule has 0 bridgehead atoms. The fourth-order valence-electron chi connectivity index (χ4n) is 2.27. The maximum Gasteiger partial charge on any atom is 0.347 e. The number of hydrogen-bond acceptors (Lipinski definition) is 6. The van der Waals surface area contributed by atoms with Gasteiger partial charge in [-0.3, -0.25) is 4.79 Å². The SMILES string of the molecule is Cc1cccc(O[C@@H](C)C(=O)OCC(=O)Nc2ccccc2S(C)(=O)=O)c1. The molecule has 0 saturated heterocycles. The predicted octanol–water partition coefficient (Wildman–Crippen LogP) is 2.35. The molecule has 2 aromatic carbocycles. The summed E-state index contributed by atoms with van der Waals surface area (Å²) in [5.74, 6) is -0.837. The van der Waals surface area contributed by atoms with Crippen molar-refractivity contribution in [1.29, 1.82) is 0 Å². The largest absolute Gasteiger partial charge is 0.479 e. The molecule has 0 heterocycles. The number of anilines is 1. The number of amides is 1. The Morgan fingerprint density at radius 2 is 1.81 bits per heavy atom. The van der Waals surface area contributed by atoms with Crippen LogP contribution >= 0.6 is 0 Å². The van der Waals surface area contributed by atoms with Crippen molar-refractivity contribution < 1.29 is 27.5 Å². The summed E-state index contributed by atoms with van der Waals surface area (Å²) in [7, 11) is -3.50. The molecule has 0 saturated carbocycles. The van der Waals surface area contributed by atoms with Crippen molar-refractivity contribution >= 4 is 27.4 Å². The van der Waals surface area contributed by atoms with Crippen LogP contribution in [-0.2, 0) is 24.2 Å². The van der Waals surface area contributed by atoms with E-state index in [4.69, 9.17) is 9.47 Å². The fourth-order valence-corrected chi connectivity index (χ4v) is 3.12. The van der Waals surface area contributed by atoms with Crippen LogP contribution in [0.15, 0.2) is 53.4 Å². The van der Waals surface area contributed by atoms with Crippen LogP contribution in [0.25, 0.3) is 0 Å². The summed E-state index contributed by atoms with van der Waals surface area (Å²) in [5.41, 5.74) is 1.11. The number of carbonyl (C=O) groups excluding carboxylic acids is 2. The van der Waals surface area contributed by atoms with Gasteiger partial charge in [-0.2, -0.15) is 0 Å². The van der Waals surface area contributed by atoms with Crippen LogP contribution in [-0.4, -0.2) is 39.3 Å². The lowest BCUT2D eigenvalue weighted by Crippen LogP contribution is -2.30. The first-order valence-electron chi connectivity index (χ1n) is 8.15. The normalized spacial score (nSPS) is 12.1. The van der Waals surface area contributed by atoms with Gasteiger partial charge in [0.25, 0.3) is 5.91 Å². The van der Waals surface area contributed by atoms with Crippen molar-refractivity contribution in [3.8, 4) is 5.75 Å². The van der Waals surface area contributed by atoms with Gasteiger partial charge in [0.05, 0.1) is 10.6 Å². The predicted molar refractivity (Wildman–Crippen MR) is 100 cm³/mol. The van der Waals surface area contributed by atoms with Crippen LogP contribution in [0.5, 0.6) is 5.75 Å². The zero-order valence-corrected chi connectivity index (χ0v) is 16.1. The average Bonchev–Trinajstić information content (AvgIpc) is 2.59. The van der Waals surface area contributed by atoms with E-state index in [0.29, 0.717) is 5.75 Å². The third kappa shape index (κ3) is 6.10. The molecule has 0 fully saturated rings. The lowest BCUT2D eigenvalue weighted by Gasteiger charge is -2.14. The lowest BCUT2D eigenvalue weighted by atomic mass is 10.2. The Hall–Kier alpha value is -2.87. The molecule has 8 heteroatoms. The zero-order valence-electron chi connectivity index (χ0n) is 15.3. The molecule has 0 aliphatic carbocycles. The van der Waals surface area contributed by atoms with Gasteiger partial charge in [0.2, 0.25) is 0 Å². The monoisotopic (exact) mass is 391 g/mol. The van der Waals surface area contributed by atoms with Crippen LogP contribution in [0.1, 0.15) is 12.5 Å².